The summed E-state index contributed by atoms with van der Waals surface area (Å²) < 4.78 is 0.869. The highest BCUT2D eigenvalue weighted by atomic mass is 79.9. The zero-order chi connectivity index (χ0) is 21.8. The zero-order valence-corrected chi connectivity index (χ0v) is 17.5. The number of nitrogens with one attached hydrogen (secondary N) is 3. The Labute approximate surface area is 184 Å². The normalized spacial score (nSPS) is 10.5. The van der Waals surface area contributed by atoms with Crippen molar-refractivity contribution in [2.75, 3.05) is 10.7 Å². The van der Waals surface area contributed by atoms with Gasteiger partial charge < -0.3 is 5.32 Å². The molecule has 0 fully saturated rings. The fraction of sp³-hybridized carbons (Fsp3) is 0. The largest absolute Gasteiger partial charge is 0.355 e. The first-order chi connectivity index (χ1) is 15.0. The number of amides is 1. The van der Waals surface area contributed by atoms with Crippen LogP contribution in [0.15, 0.2) is 77.5 Å². The third-order valence-corrected chi connectivity index (χ3v) is 4.97. The van der Waals surface area contributed by atoms with E-state index in [9.17, 15) is 14.9 Å². The molecule has 0 bridgehead atoms. The van der Waals surface area contributed by atoms with Crippen LogP contribution >= 0.6 is 15.9 Å². The Kier molecular flexibility index (Phi) is 5.72. The van der Waals surface area contributed by atoms with E-state index in [1.165, 1.54) is 6.33 Å². The van der Waals surface area contributed by atoms with E-state index in [0.717, 1.165) is 15.2 Å². The molecule has 0 aliphatic carbocycles. The molecule has 0 saturated heterocycles. The Morgan fingerprint density at radius 2 is 1.65 bits per heavy atom. The van der Waals surface area contributed by atoms with Gasteiger partial charge in [-0.25, -0.2) is 9.97 Å². The molecule has 0 saturated carbocycles. The molecule has 0 spiro atoms. The standard InChI is InChI=1S/C21H15BrN6O3/c22-14-8-10-15(11-9-14)25-19-18(28(30)31)20(24-12-23-19)26-27-21(29)17-7-3-5-13-4-1-2-6-16(13)17/h1-12H,(H,27,29)(H2,23,24,25,26). The van der Waals surface area contributed by atoms with E-state index < -0.39 is 16.5 Å². The molecule has 1 amide bonds. The number of hydrogen-bond acceptors (Lipinski definition) is 7. The van der Waals surface area contributed by atoms with Gasteiger partial charge in [-0.3, -0.25) is 25.8 Å². The van der Waals surface area contributed by atoms with Crippen LogP contribution in [0.4, 0.5) is 23.0 Å². The van der Waals surface area contributed by atoms with Crippen molar-refractivity contribution in [2.45, 2.75) is 0 Å². The quantitative estimate of drug-likeness (QED) is 0.268. The zero-order valence-electron chi connectivity index (χ0n) is 15.9. The number of aromatic nitrogens is 2. The van der Waals surface area contributed by atoms with E-state index in [-0.39, 0.29) is 11.6 Å². The second kappa shape index (κ2) is 8.76. The maximum absolute atomic E-state index is 12.7. The third-order valence-electron chi connectivity index (χ3n) is 4.44. The van der Waals surface area contributed by atoms with Crippen molar-refractivity contribution in [3.63, 3.8) is 0 Å². The SMILES string of the molecule is O=C(NNc1ncnc(Nc2ccc(Br)cc2)c1[N+](=O)[O-])c1cccc2ccccc12. The third kappa shape index (κ3) is 4.43. The number of nitrogens with zero attached hydrogens (tertiary/aromatic N) is 3. The molecule has 3 aromatic carbocycles. The Morgan fingerprint density at radius 3 is 2.42 bits per heavy atom. The minimum Gasteiger partial charge on any atom is -0.334 e. The second-order valence-electron chi connectivity index (χ2n) is 6.41. The molecule has 0 unspecified atom stereocenters. The molecule has 1 heterocycles. The average molecular weight is 479 g/mol. The lowest BCUT2D eigenvalue weighted by Crippen LogP contribution is -2.30. The van der Waals surface area contributed by atoms with Gasteiger partial charge >= 0.3 is 5.69 Å². The van der Waals surface area contributed by atoms with Gasteiger partial charge in [0.15, 0.2) is 0 Å². The molecule has 3 N–H and O–H groups in total. The number of benzene rings is 3. The van der Waals surface area contributed by atoms with Gasteiger partial charge in [-0.2, -0.15) is 0 Å². The number of rotatable bonds is 6. The van der Waals surface area contributed by atoms with Gasteiger partial charge in [0, 0.05) is 15.7 Å². The lowest BCUT2D eigenvalue weighted by Gasteiger charge is -2.12. The molecule has 1 aromatic heterocycles. The van der Waals surface area contributed by atoms with Crippen molar-refractivity contribution in [1.82, 2.24) is 15.4 Å². The molecule has 9 nitrogen and oxygen atoms in total. The van der Waals surface area contributed by atoms with E-state index in [1.807, 2.05) is 30.3 Å². The number of carbonyl (C=O) groups is 1. The van der Waals surface area contributed by atoms with Gasteiger partial charge in [-0.15, -0.1) is 0 Å². The van der Waals surface area contributed by atoms with Gasteiger partial charge in [-0.05, 0) is 41.1 Å². The van der Waals surface area contributed by atoms with Crippen molar-refractivity contribution in [2.24, 2.45) is 0 Å². The summed E-state index contributed by atoms with van der Waals surface area (Å²) in [5, 5.41) is 16.3. The number of hydrazine groups is 1. The average Bonchev–Trinajstić information content (AvgIpc) is 2.78. The van der Waals surface area contributed by atoms with Crippen LogP contribution < -0.4 is 16.2 Å². The fourth-order valence-electron chi connectivity index (χ4n) is 3.01. The van der Waals surface area contributed by atoms with Crippen LogP contribution in [0.1, 0.15) is 10.4 Å². The molecule has 10 heteroatoms. The van der Waals surface area contributed by atoms with Crippen molar-refractivity contribution in [3.05, 3.63) is 93.2 Å². The van der Waals surface area contributed by atoms with E-state index >= 15 is 0 Å². The number of anilines is 3. The minimum absolute atomic E-state index is 0.00997. The summed E-state index contributed by atoms with van der Waals surface area (Å²) in [4.78, 5) is 31.7. The predicted octanol–water partition coefficient (Wildman–Crippen LogP) is 4.80. The highest BCUT2D eigenvalue weighted by Gasteiger charge is 2.24. The summed E-state index contributed by atoms with van der Waals surface area (Å²) in [6, 6.07) is 19.9. The van der Waals surface area contributed by atoms with E-state index in [2.05, 4.69) is 42.1 Å². The van der Waals surface area contributed by atoms with Crippen LogP contribution in [-0.2, 0) is 0 Å². The molecule has 4 rings (SSSR count). The summed E-state index contributed by atoms with van der Waals surface area (Å²) in [7, 11) is 0. The van der Waals surface area contributed by atoms with Crippen molar-refractivity contribution < 1.29 is 9.72 Å². The lowest BCUT2D eigenvalue weighted by atomic mass is 10.0. The molecule has 4 aromatic rings. The van der Waals surface area contributed by atoms with Gasteiger partial charge in [0.1, 0.15) is 6.33 Å². The highest BCUT2D eigenvalue weighted by molar-refractivity contribution is 9.10. The molecular weight excluding hydrogens is 464 g/mol. The maximum Gasteiger partial charge on any atom is 0.355 e. The molecule has 0 atom stereocenters. The second-order valence-corrected chi connectivity index (χ2v) is 7.33. The van der Waals surface area contributed by atoms with Gasteiger partial charge in [-0.1, -0.05) is 52.3 Å². The first-order valence-electron chi connectivity index (χ1n) is 9.09. The van der Waals surface area contributed by atoms with Crippen LogP contribution in [0, 0.1) is 10.1 Å². The minimum atomic E-state index is -0.617. The summed E-state index contributed by atoms with van der Waals surface area (Å²) in [5.41, 5.74) is 5.67. The Balaban J connectivity index is 1.58. The Hall–Kier alpha value is -4.05. The Bertz CT molecular complexity index is 1270. The maximum atomic E-state index is 12.7. The number of hydrogen-bond donors (Lipinski definition) is 3. The smallest absolute Gasteiger partial charge is 0.334 e. The number of fused-ring (bicyclic) bond motifs is 1. The summed E-state index contributed by atoms with van der Waals surface area (Å²) in [6.45, 7) is 0. The monoisotopic (exact) mass is 478 g/mol. The van der Waals surface area contributed by atoms with Crippen LogP contribution in [0.5, 0.6) is 0 Å². The van der Waals surface area contributed by atoms with Crippen LogP contribution in [0.3, 0.4) is 0 Å². The van der Waals surface area contributed by atoms with E-state index in [0.29, 0.717) is 11.3 Å². The summed E-state index contributed by atoms with van der Waals surface area (Å²) in [5.74, 6) is -0.607. The van der Waals surface area contributed by atoms with Gasteiger partial charge in [0.05, 0.1) is 4.92 Å². The molecular formula is C21H15BrN6O3. The number of halogens is 1. The van der Waals surface area contributed by atoms with Crippen LogP contribution in [0.2, 0.25) is 0 Å². The number of nitro groups is 1. The number of carbonyl (C=O) groups excluding carboxylic acids is 1. The first-order valence-corrected chi connectivity index (χ1v) is 9.88. The Morgan fingerprint density at radius 1 is 0.935 bits per heavy atom. The topological polar surface area (TPSA) is 122 Å². The predicted molar refractivity (Wildman–Crippen MR) is 121 cm³/mol. The van der Waals surface area contributed by atoms with Crippen molar-refractivity contribution in [3.8, 4) is 0 Å². The van der Waals surface area contributed by atoms with Crippen LogP contribution in [-0.4, -0.2) is 20.8 Å². The first kappa shape index (κ1) is 20.2. The fourth-order valence-corrected chi connectivity index (χ4v) is 3.28. The van der Waals surface area contributed by atoms with Crippen molar-refractivity contribution in [1.29, 1.82) is 0 Å². The lowest BCUT2D eigenvalue weighted by molar-refractivity contribution is -0.383. The summed E-state index contributed by atoms with van der Waals surface area (Å²) >= 11 is 3.34. The van der Waals surface area contributed by atoms with Gasteiger partial charge in [0.25, 0.3) is 5.91 Å². The molecule has 0 aliphatic heterocycles. The molecule has 0 radical (unpaired) electrons. The van der Waals surface area contributed by atoms with Gasteiger partial charge in [0.2, 0.25) is 11.6 Å². The molecule has 31 heavy (non-hydrogen) atoms. The van der Waals surface area contributed by atoms with Crippen molar-refractivity contribution >= 4 is 55.6 Å². The molecule has 0 aliphatic rings. The van der Waals surface area contributed by atoms with Crippen LogP contribution in [0.25, 0.3) is 10.8 Å². The van der Waals surface area contributed by atoms with E-state index in [4.69, 9.17) is 0 Å². The molecule has 154 valence electrons. The van der Waals surface area contributed by atoms with E-state index in [1.54, 1.807) is 36.4 Å². The summed E-state index contributed by atoms with van der Waals surface area (Å²) in [6.07, 6.45) is 1.17. The highest BCUT2D eigenvalue weighted by Crippen LogP contribution is 2.31.